The summed E-state index contributed by atoms with van der Waals surface area (Å²) in [6.45, 7) is 0. The van der Waals surface area contributed by atoms with Crippen LogP contribution in [-0.4, -0.2) is 105 Å². The van der Waals surface area contributed by atoms with Gasteiger partial charge in [-0.15, -0.1) is 0 Å². The third kappa shape index (κ3) is 181. The molecule has 0 spiro atoms. The number of hydrogen-bond acceptors (Lipinski definition) is 24. The Bertz CT molecular complexity index is 483. The molecule has 0 aromatic heterocycles. The molecule has 0 rings (SSSR count). The van der Waals surface area contributed by atoms with Crippen molar-refractivity contribution in [2.24, 2.45) is 0 Å². The molecule has 0 aromatic rings. The van der Waals surface area contributed by atoms with Crippen LogP contribution in [0, 0.1) is 98.8 Å². The molecule has 51 heavy (non-hydrogen) atoms. The van der Waals surface area contributed by atoms with Crippen LogP contribution >= 0.6 is 0 Å². The Morgan fingerprint density at radius 3 is 0.314 bits per heavy atom. The summed E-state index contributed by atoms with van der Waals surface area (Å²) in [5.41, 5.74) is -9.56. The van der Waals surface area contributed by atoms with Crippen molar-refractivity contribution in [3.8, 4) is 0 Å². The molecule has 39 heteroatoms. The molecule has 2 radical (unpaired) electrons. The van der Waals surface area contributed by atoms with Crippen LogP contribution < -0.4 is 0 Å². The predicted octanol–water partition coefficient (Wildman–Crippen LogP) is -16.1. The molecule has 0 aliphatic carbocycles. The fourth-order valence-corrected chi connectivity index (χ4v) is 0. The van der Waals surface area contributed by atoms with Crippen molar-refractivity contribution in [2.75, 3.05) is 0 Å². The Kier molecular flexibility index (Phi) is 260. The maximum Gasteiger partial charge on any atom is 0.0550 e. The first-order valence-electron chi connectivity index (χ1n) is 7.42. The summed E-state index contributed by atoms with van der Waals surface area (Å²) in [6, 6.07) is 0. The van der Waals surface area contributed by atoms with E-state index in [0.29, 0.717) is 0 Å². The second-order valence-electron chi connectivity index (χ2n) is 4.27. The molecule has 0 aliphatic rings. The number of carbonyl (C=O) groups excluding carboxylic acids is 4. The minimum atomic E-state index is -1.19. The van der Waals surface area contributed by atoms with Crippen molar-refractivity contribution < 1.29 is 263 Å². The minimum absolute atomic E-state index is 0. The summed E-state index contributed by atoms with van der Waals surface area (Å²) >= 11 is 48.1. The van der Waals surface area contributed by atoms with Gasteiger partial charge in [0.05, 0.1) is 20.5 Å². The molecule has 0 heterocycles. The maximum absolute atomic E-state index is 9.50. The third-order valence-corrected chi connectivity index (χ3v) is 5.06. The summed E-state index contributed by atoms with van der Waals surface area (Å²) in [5, 5.41) is 60.8. The van der Waals surface area contributed by atoms with Crippen LogP contribution in [0.15, 0.2) is 0 Å². The van der Waals surface area contributed by atoms with Gasteiger partial charge in [-0.05, 0) is 0 Å². The fraction of sp³-hybridized carbons (Fsp3) is 0.667. The number of rotatable bonds is 6. The molecule has 0 fully saturated rings. The Labute approximate surface area is 470 Å². The molecule has 0 amide bonds. The molecule has 8 atom stereocenters. The number of hydrogen-bond donors (Lipinski definition) is 8. The van der Waals surface area contributed by atoms with Gasteiger partial charge < -0.3 is 266 Å². The van der Waals surface area contributed by atoms with Crippen molar-refractivity contribution in [3.05, 3.63) is 0 Å². The molecule has 0 bridgehead atoms. The van der Waals surface area contributed by atoms with Gasteiger partial charge in [0.25, 0.3) is 0 Å². The van der Waals surface area contributed by atoms with Gasteiger partial charge in [-0.25, -0.2) is 0 Å². The minimum Gasteiger partial charge on any atom is -0.761 e. The van der Waals surface area contributed by atoms with Gasteiger partial charge in [0, 0.05) is 148 Å². The van der Waals surface area contributed by atoms with Crippen LogP contribution in [0.1, 0.15) is 0 Å². The van der Waals surface area contributed by atoms with Gasteiger partial charge in [0.1, 0.15) is 0 Å². The van der Waals surface area contributed by atoms with E-state index in [4.69, 9.17) is 40.9 Å². The van der Waals surface area contributed by atoms with E-state index in [0.717, 1.165) is 0 Å². The molecule has 344 valence electrons. The average molecular weight is 1410 g/mol. The van der Waals surface area contributed by atoms with Gasteiger partial charge in [-0.1, -0.05) is 43.5 Å². The number of carbonyl (C=O) groups is 4. The standard InChI is InChI=1S/4C2H6O2S2.2C2H2O2S2.2Eu.3Ni.10H2O/c6*3-1(5)2(4)6;;;;;;;;;;;;;;;/h4*1-6H;2*(H,3,5)(H,4,6);;;;;;10*1H2/p-2. The van der Waals surface area contributed by atoms with Gasteiger partial charge >= 0.3 is 0 Å². The normalized spacial score (nSPS) is 11.1. The van der Waals surface area contributed by atoms with Crippen LogP contribution in [0.25, 0.3) is 0 Å². The second-order valence-corrected chi connectivity index (χ2v) is 9.62. The Morgan fingerprint density at radius 2 is 0.314 bits per heavy atom. The molecule has 0 aliphatic heterocycles. The van der Waals surface area contributed by atoms with E-state index in [1.54, 1.807) is 0 Å². The van der Waals surface area contributed by atoms with Crippen LogP contribution in [0.3, 0.4) is 0 Å². The Hall–Kier alpha value is 6.29. The van der Waals surface area contributed by atoms with Crippen LogP contribution in [0.4, 0.5) is 0 Å². The largest absolute Gasteiger partial charge is 0.761 e. The average Bonchev–Trinajstić information content (AvgIpc) is 2.69. The van der Waals surface area contributed by atoms with Gasteiger partial charge in [-0.3, -0.25) is 0 Å². The molecule has 8 unspecified atom stereocenters. The number of aliphatic hydroxyl groups is 8. The van der Waals surface area contributed by atoms with Crippen LogP contribution in [-0.2, 0) is 275 Å². The summed E-state index contributed by atoms with van der Waals surface area (Å²) in [7, 11) is 0. The molecule has 38 N–H and O–H groups in total. The summed E-state index contributed by atoms with van der Waals surface area (Å²) in [6.07, 6.45) is 0. The molecule has 22 nitrogen and oxygen atoms in total. The maximum atomic E-state index is 9.50. The first-order valence-corrected chi connectivity index (χ1v) is 12.8. The van der Waals surface area contributed by atoms with E-state index in [2.05, 4.69) is 152 Å². The summed E-state index contributed by atoms with van der Waals surface area (Å²) in [4.78, 5) is 38.0. The van der Waals surface area contributed by atoms with E-state index >= 15 is 0 Å². The topological polar surface area (TPSA) is 560 Å². The van der Waals surface area contributed by atoms with Gasteiger partial charge in [-0.2, -0.15) is 0 Å². The van der Waals surface area contributed by atoms with E-state index in [1.165, 1.54) is 0 Å². The van der Waals surface area contributed by atoms with E-state index < -0.39 is 63.9 Å². The van der Waals surface area contributed by atoms with E-state index in [-0.39, 0.29) is 203 Å². The first-order chi connectivity index (χ1) is 15.9. The van der Waals surface area contributed by atoms with E-state index in [9.17, 15) is 19.2 Å². The van der Waals surface area contributed by atoms with Crippen LogP contribution in [0.2, 0.25) is 0 Å². The molecule has 0 aromatic carbocycles. The van der Waals surface area contributed by atoms with Crippen molar-refractivity contribution in [3.63, 3.8) is 0 Å². The third-order valence-electron chi connectivity index (χ3n) is 1.31. The monoisotopic (exact) mass is 1410 g/mol. The molecule has 0 saturated heterocycles. The molecular formula is C12H46Eu2Ni3O22S12-2. The molecule has 0 saturated carbocycles. The zero-order valence-electron chi connectivity index (χ0n) is 24.2. The van der Waals surface area contributed by atoms with Crippen molar-refractivity contribution in [2.45, 2.75) is 43.5 Å². The SMILES string of the molecule is O=C([S-])C(=O)[S-].O=C([S-])C(=O)[S-].OC([S-])C(O)[S-].OC([S-])C(O)[S-].OC([S-])C(O)[S-].OC([S-])C(O)[S-].[Eu].[Eu].[Ni].[Ni].[Ni].[OH3+].[OH3+].[OH3+].[OH3+].[OH3+].[OH3+].[OH3+].[OH3+].[OH3+].[OH3+]. The van der Waals surface area contributed by atoms with Crippen molar-refractivity contribution >= 4 is 172 Å². The zero-order valence-corrected chi connectivity index (χ0v) is 41.8. The van der Waals surface area contributed by atoms with Gasteiger partial charge in [0.2, 0.25) is 0 Å². The van der Waals surface area contributed by atoms with Crippen molar-refractivity contribution in [1.29, 1.82) is 0 Å². The zero-order chi connectivity index (χ0) is 30.9. The predicted molar refractivity (Wildman–Crippen MR) is 205 cm³/mol. The molecular weight excluding hydrogens is 1360 g/mol. The van der Waals surface area contributed by atoms with Crippen molar-refractivity contribution in [1.82, 2.24) is 0 Å². The smallest absolute Gasteiger partial charge is 0.0550 e. The fourth-order valence-electron chi connectivity index (χ4n) is 0. The number of aliphatic hydroxyl groups excluding tert-OH is 8. The first kappa shape index (κ1) is 138. The van der Waals surface area contributed by atoms with Gasteiger partial charge in [0.15, 0.2) is 0 Å². The second kappa shape index (κ2) is 96.2. The van der Waals surface area contributed by atoms with Crippen LogP contribution in [0.5, 0.6) is 0 Å². The summed E-state index contributed by atoms with van der Waals surface area (Å²) in [5.74, 6) is 0. The summed E-state index contributed by atoms with van der Waals surface area (Å²) < 4.78 is 0. The Balaban J connectivity index is -0.0000000105. The Morgan fingerprint density at radius 1 is 0.275 bits per heavy atom. The quantitative estimate of drug-likeness (QED) is 0.0530. The van der Waals surface area contributed by atoms with E-state index in [1.807, 2.05) is 0 Å².